The normalized spacial score (nSPS) is 10.3. The fraction of sp³-hybridized carbons (Fsp3) is 0. The zero-order valence-electron chi connectivity index (χ0n) is 13.9. The molecule has 1 heterocycles. The SMILES string of the molecule is Cl.Clc1ccc(Oc2ccc(Nc3ncnc4ccccc34)cc2)c(Cl)c1. The third-order valence-corrected chi connectivity index (χ3v) is 4.31. The Morgan fingerprint density at radius 3 is 2.41 bits per heavy atom. The summed E-state index contributed by atoms with van der Waals surface area (Å²) < 4.78 is 5.80. The van der Waals surface area contributed by atoms with Crippen molar-refractivity contribution < 1.29 is 4.74 Å². The summed E-state index contributed by atoms with van der Waals surface area (Å²) in [5.74, 6) is 1.98. The first kappa shape index (κ1) is 19.2. The minimum atomic E-state index is 0. The number of fused-ring (bicyclic) bond motifs is 1. The summed E-state index contributed by atoms with van der Waals surface area (Å²) in [6, 6.07) is 20.5. The van der Waals surface area contributed by atoms with Crippen molar-refractivity contribution in [2.24, 2.45) is 0 Å². The molecule has 27 heavy (non-hydrogen) atoms. The van der Waals surface area contributed by atoms with E-state index < -0.39 is 0 Å². The number of halogens is 3. The fourth-order valence-corrected chi connectivity index (χ4v) is 2.98. The van der Waals surface area contributed by atoms with Gasteiger partial charge in [-0.15, -0.1) is 12.4 Å². The van der Waals surface area contributed by atoms with Crippen LogP contribution in [-0.4, -0.2) is 9.97 Å². The molecule has 1 aromatic heterocycles. The van der Waals surface area contributed by atoms with Gasteiger partial charge in [0.2, 0.25) is 0 Å². The van der Waals surface area contributed by atoms with Crippen LogP contribution in [0.1, 0.15) is 0 Å². The van der Waals surface area contributed by atoms with Crippen LogP contribution < -0.4 is 10.1 Å². The third kappa shape index (κ3) is 4.42. The van der Waals surface area contributed by atoms with Crippen molar-refractivity contribution >= 4 is 58.0 Å². The van der Waals surface area contributed by atoms with Crippen molar-refractivity contribution in [3.8, 4) is 11.5 Å². The quantitative estimate of drug-likeness (QED) is 0.392. The Morgan fingerprint density at radius 1 is 0.852 bits per heavy atom. The molecule has 0 amide bonds. The summed E-state index contributed by atoms with van der Waals surface area (Å²) in [6.07, 6.45) is 1.55. The second-order valence-corrected chi connectivity index (χ2v) is 6.41. The highest BCUT2D eigenvalue weighted by molar-refractivity contribution is 6.35. The van der Waals surface area contributed by atoms with Crippen molar-refractivity contribution in [3.05, 3.63) is 83.1 Å². The van der Waals surface area contributed by atoms with Gasteiger partial charge in [0.05, 0.1) is 10.5 Å². The standard InChI is InChI=1S/C20H13Cl2N3O.ClH/c21-13-5-10-19(17(22)11-13)26-15-8-6-14(7-9-15)25-20-16-3-1-2-4-18(16)23-12-24-20;/h1-12H,(H,23,24,25);1H. The zero-order valence-corrected chi connectivity index (χ0v) is 16.2. The molecule has 4 rings (SSSR count). The third-order valence-electron chi connectivity index (χ3n) is 3.78. The Labute approximate surface area is 172 Å². The number of benzene rings is 3. The van der Waals surface area contributed by atoms with Gasteiger partial charge in [0.15, 0.2) is 0 Å². The molecule has 1 N–H and O–H groups in total. The first-order chi connectivity index (χ1) is 12.7. The molecule has 0 aliphatic rings. The lowest BCUT2D eigenvalue weighted by molar-refractivity contribution is 0.483. The lowest BCUT2D eigenvalue weighted by Gasteiger charge is -2.10. The maximum absolute atomic E-state index is 6.14. The van der Waals surface area contributed by atoms with Crippen molar-refractivity contribution in [2.45, 2.75) is 0 Å². The summed E-state index contributed by atoms with van der Waals surface area (Å²) in [4.78, 5) is 8.59. The number of aromatic nitrogens is 2. The molecule has 0 radical (unpaired) electrons. The molecule has 0 aliphatic carbocycles. The van der Waals surface area contributed by atoms with E-state index in [1.165, 1.54) is 0 Å². The van der Waals surface area contributed by atoms with Gasteiger partial charge in [0, 0.05) is 16.1 Å². The molecular weight excluding hydrogens is 405 g/mol. The summed E-state index contributed by atoms with van der Waals surface area (Å²) >= 11 is 12.0. The molecule has 7 heteroatoms. The number of nitrogens with one attached hydrogen (secondary N) is 1. The van der Waals surface area contributed by atoms with E-state index in [2.05, 4.69) is 15.3 Å². The predicted molar refractivity (Wildman–Crippen MR) is 113 cm³/mol. The molecule has 136 valence electrons. The van der Waals surface area contributed by atoms with E-state index in [0.717, 1.165) is 22.4 Å². The average molecular weight is 419 g/mol. The summed E-state index contributed by atoms with van der Waals surface area (Å²) in [5, 5.41) is 5.30. The van der Waals surface area contributed by atoms with Crippen LogP contribution in [0.5, 0.6) is 11.5 Å². The number of para-hydroxylation sites is 1. The van der Waals surface area contributed by atoms with Crippen molar-refractivity contribution in [2.75, 3.05) is 5.32 Å². The van der Waals surface area contributed by atoms with Crippen LogP contribution in [0.4, 0.5) is 11.5 Å². The second-order valence-electron chi connectivity index (χ2n) is 5.57. The fourth-order valence-electron chi connectivity index (χ4n) is 2.53. The molecule has 0 fully saturated rings. The van der Waals surface area contributed by atoms with Crippen LogP contribution >= 0.6 is 35.6 Å². The van der Waals surface area contributed by atoms with Crippen LogP contribution in [0.25, 0.3) is 10.9 Å². The minimum absolute atomic E-state index is 0. The Bertz CT molecular complexity index is 1070. The molecule has 3 aromatic carbocycles. The molecule has 0 atom stereocenters. The number of ether oxygens (including phenoxy) is 1. The maximum atomic E-state index is 6.14. The lowest BCUT2D eigenvalue weighted by atomic mass is 10.2. The van der Waals surface area contributed by atoms with Crippen LogP contribution in [0.2, 0.25) is 10.0 Å². The van der Waals surface area contributed by atoms with Gasteiger partial charge in [0.1, 0.15) is 23.6 Å². The molecular formula is C20H14Cl3N3O. The second kappa shape index (κ2) is 8.44. The van der Waals surface area contributed by atoms with Crippen LogP contribution in [-0.2, 0) is 0 Å². The molecule has 0 saturated heterocycles. The number of hydrogen-bond acceptors (Lipinski definition) is 4. The first-order valence-corrected chi connectivity index (χ1v) is 8.64. The van der Waals surface area contributed by atoms with E-state index in [0.29, 0.717) is 21.5 Å². The Balaban J connectivity index is 0.00000210. The van der Waals surface area contributed by atoms with Gasteiger partial charge in [-0.25, -0.2) is 9.97 Å². The predicted octanol–water partition coefficient (Wildman–Crippen LogP) is 6.89. The molecule has 0 spiro atoms. The van der Waals surface area contributed by atoms with Gasteiger partial charge in [-0.3, -0.25) is 0 Å². The lowest BCUT2D eigenvalue weighted by Crippen LogP contribution is -1.95. The van der Waals surface area contributed by atoms with Gasteiger partial charge in [0.25, 0.3) is 0 Å². The average Bonchev–Trinajstić information content (AvgIpc) is 2.66. The summed E-state index contributed by atoms with van der Waals surface area (Å²) in [5.41, 5.74) is 1.78. The van der Waals surface area contributed by atoms with Crippen molar-refractivity contribution in [3.63, 3.8) is 0 Å². The Kier molecular flexibility index (Phi) is 6.01. The van der Waals surface area contributed by atoms with Crippen molar-refractivity contribution in [1.82, 2.24) is 9.97 Å². The smallest absolute Gasteiger partial charge is 0.146 e. The molecule has 0 saturated carbocycles. The number of hydrogen-bond donors (Lipinski definition) is 1. The highest BCUT2D eigenvalue weighted by atomic mass is 35.5. The highest BCUT2D eigenvalue weighted by Gasteiger charge is 2.06. The minimum Gasteiger partial charge on any atom is -0.456 e. The highest BCUT2D eigenvalue weighted by Crippen LogP contribution is 2.32. The van der Waals surface area contributed by atoms with Gasteiger partial charge in [-0.2, -0.15) is 0 Å². The largest absolute Gasteiger partial charge is 0.456 e. The Morgan fingerprint density at radius 2 is 1.63 bits per heavy atom. The van der Waals surface area contributed by atoms with E-state index in [1.807, 2.05) is 48.5 Å². The zero-order chi connectivity index (χ0) is 17.9. The van der Waals surface area contributed by atoms with E-state index in [9.17, 15) is 0 Å². The number of anilines is 2. The van der Waals surface area contributed by atoms with E-state index in [-0.39, 0.29) is 12.4 Å². The van der Waals surface area contributed by atoms with Gasteiger partial charge < -0.3 is 10.1 Å². The number of rotatable bonds is 4. The molecule has 4 aromatic rings. The van der Waals surface area contributed by atoms with E-state index >= 15 is 0 Å². The monoisotopic (exact) mass is 417 g/mol. The summed E-state index contributed by atoms with van der Waals surface area (Å²) in [6.45, 7) is 0. The molecule has 0 bridgehead atoms. The van der Waals surface area contributed by atoms with Gasteiger partial charge in [-0.1, -0.05) is 35.3 Å². The van der Waals surface area contributed by atoms with Crippen LogP contribution in [0.15, 0.2) is 73.1 Å². The molecule has 0 unspecified atom stereocenters. The van der Waals surface area contributed by atoms with Gasteiger partial charge in [-0.05, 0) is 54.6 Å². The maximum Gasteiger partial charge on any atom is 0.146 e. The first-order valence-electron chi connectivity index (χ1n) is 7.89. The summed E-state index contributed by atoms with van der Waals surface area (Å²) in [7, 11) is 0. The number of nitrogens with zero attached hydrogens (tertiary/aromatic N) is 2. The van der Waals surface area contributed by atoms with E-state index in [4.69, 9.17) is 27.9 Å². The van der Waals surface area contributed by atoms with Gasteiger partial charge >= 0.3 is 0 Å². The topological polar surface area (TPSA) is 47.0 Å². The Hall–Kier alpha value is -2.53. The van der Waals surface area contributed by atoms with Crippen molar-refractivity contribution in [1.29, 1.82) is 0 Å². The van der Waals surface area contributed by atoms with Crippen LogP contribution in [0, 0.1) is 0 Å². The van der Waals surface area contributed by atoms with Crippen LogP contribution in [0.3, 0.4) is 0 Å². The molecule has 0 aliphatic heterocycles. The van der Waals surface area contributed by atoms with E-state index in [1.54, 1.807) is 24.5 Å². The molecule has 4 nitrogen and oxygen atoms in total.